The van der Waals surface area contributed by atoms with Crippen LogP contribution in [0, 0.1) is 0 Å². The van der Waals surface area contributed by atoms with Gasteiger partial charge in [0.05, 0.1) is 0 Å². The molecule has 0 saturated carbocycles. The Morgan fingerprint density at radius 3 is 2.60 bits per heavy atom. The van der Waals surface area contributed by atoms with E-state index >= 15 is 0 Å². The molecule has 1 aromatic carbocycles. The predicted octanol–water partition coefficient (Wildman–Crippen LogP) is 3.16. The molecule has 0 aliphatic carbocycles. The van der Waals surface area contributed by atoms with Gasteiger partial charge in [0.25, 0.3) is 0 Å². The molecular formula is C15H17N3OS. The summed E-state index contributed by atoms with van der Waals surface area (Å²) in [5.74, 6) is 0.486. The highest BCUT2D eigenvalue weighted by atomic mass is 32.2. The maximum absolute atomic E-state index is 11.8. The van der Waals surface area contributed by atoms with Crippen molar-refractivity contribution in [1.29, 1.82) is 0 Å². The smallest absolute Gasteiger partial charge is 0.225 e. The van der Waals surface area contributed by atoms with E-state index in [2.05, 4.69) is 27.6 Å². The van der Waals surface area contributed by atoms with Gasteiger partial charge in [-0.2, -0.15) is 0 Å². The van der Waals surface area contributed by atoms with Crippen LogP contribution in [0.3, 0.4) is 0 Å². The quantitative estimate of drug-likeness (QED) is 0.829. The molecule has 2 rings (SSSR count). The Morgan fingerprint density at radius 2 is 1.95 bits per heavy atom. The molecule has 5 heteroatoms. The second-order valence-corrected chi connectivity index (χ2v) is 5.17. The Labute approximate surface area is 123 Å². The van der Waals surface area contributed by atoms with Crippen molar-refractivity contribution in [3.05, 3.63) is 48.0 Å². The molecule has 1 amide bonds. The molecule has 1 N–H and O–H groups in total. The zero-order valence-corrected chi connectivity index (χ0v) is 12.2. The van der Waals surface area contributed by atoms with Crippen molar-refractivity contribution in [2.45, 2.75) is 24.3 Å². The maximum Gasteiger partial charge on any atom is 0.225 e. The van der Waals surface area contributed by atoms with E-state index in [1.807, 2.05) is 30.5 Å². The first-order chi connectivity index (χ1) is 9.78. The van der Waals surface area contributed by atoms with Gasteiger partial charge in [-0.05, 0) is 36.8 Å². The summed E-state index contributed by atoms with van der Waals surface area (Å²) >= 11 is 1.52. The number of amides is 1. The monoisotopic (exact) mass is 287 g/mol. The number of aromatic nitrogens is 2. The fourth-order valence-electron chi connectivity index (χ4n) is 1.80. The molecule has 0 radical (unpaired) electrons. The van der Waals surface area contributed by atoms with E-state index in [9.17, 15) is 4.79 Å². The first kappa shape index (κ1) is 14.5. The number of aryl methyl sites for hydroxylation is 1. The average Bonchev–Trinajstić information content (AvgIpc) is 2.49. The van der Waals surface area contributed by atoms with Crippen molar-refractivity contribution in [3.8, 4) is 0 Å². The number of rotatable bonds is 6. The lowest BCUT2D eigenvalue weighted by Crippen LogP contribution is -2.13. The van der Waals surface area contributed by atoms with Gasteiger partial charge in [-0.1, -0.05) is 30.3 Å². The van der Waals surface area contributed by atoms with Gasteiger partial charge in [-0.15, -0.1) is 22.0 Å². The largest absolute Gasteiger partial charge is 0.309 e. The summed E-state index contributed by atoms with van der Waals surface area (Å²) in [5.41, 5.74) is 1.25. The standard InChI is InChI=1S/C15H17N3OS/c1-20-15-11-10-13(17-18-15)16-14(19)9-5-8-12-6-3-2-4-7-12/h2-4,6-7,10-11H,5,8-9H2,1H3,(H,16,17,19). The van der Waals surface area contributed by atoms with Crippen LogP contribution in [0.4, 0.5) is 5.82 Å². The van der Waals surface area contributed by atoms with Crippen molar-refractivity contribution in [3.63, 3.8) is 0 Å². The van der Waals surface area contributed by atoms with Crippen LogP contribution in [-0.4, -0.2) is 22.4 Å². The van der Waals surface area contributed by atoms with Crippen LogP contribution in [0.15, 0.2) is 47.5 Å². The van der Waals surface area contributed by atoms with Crippen molar-refractivity contribution in [1.82, 2.24) is 10.2 Å². The molecule has 2 aromatic rings. The van der Waals surface area contributed by atoms with Gasteiger partial charge in [-0.25, -0.2) is 0 Å². The molecule has 4 nitrogen and oxygen atoms in total. The van der Waals surface area contributed by atoms with E-state index in [1.54, 1.807) is 6.07 Å². The van der Waals surface area contributed by atoms with Crippen LogP contribution in [0.1, 0.15) is 18.4 Å². The Kier molecular flexibility index (Phi) is 5.55. The SMILES string of the molecule is CSc1ccc(NC(=O)CCCc2ccccc2)nn1. The van der Waals surface area contributed by atoms with Crippen LogP contribution in [0.5, 0.6) is 0 Å². The molecule has 0 atom stereocenters. The van der Waals surface area contributed by atoms with Crippen molar-refractivity contribution in [2.75, 3.05) is 11.6 Å². The summed E-state index contributed by atoms with van der Waals surface area (Å²) in [6, 6.07) is 13.8. The summed E-state index contributed by atoms with van der Waals surface area (Å²) in [6.07, 6.45) is 4.16. The highest BCUT2D eigenvalue weighted by Gasteiger charge is 2.04. The minimum atomic E-state index is -0.0212. The number of hydrogen-bond donors (Lipinski definition) is 1. The summed E-state index contributed by atoms with van der Waals surface area (Å²) in [7, 11) is 0. The number of nitrogens with one attached hydrogen (secondary N) is 1. The van der Waals surface area contributed by atoms with E-state index in [-0.39, 0.29) is 5.91 Å². The summed E-state index contributed by atoms with van der Waals surface area (Å²) in [6.45, 7) is 0. The number of carbonyl (C=O) groups excluding carboxylic acids is 1. The normalized spacial score (nSPS) is 10.2. The number of nitrogens with zero attached hydrogens (tertiary/aromatic N) is 2. The van der Waals surface area contributed by atoms with Gasteiger partial charge in [0.15, 0.2) is 5.82 Å². The topological polar surface area (TPSA) is 54.9 Å². The Morgan fingerprint density at radius 1 is 1.15 bits per heavy atom. The number of anilines is 1. The third-order valence-corrected chi connectivity index (χ3v) is 3.46. The molecular weight excluding hydrogens is 270 g/mol. The highest BCUT2D eigenvalue weighted by molar-refractivity contribution is 7.98. The fraction of sp³-hybridized carbons (Fsp3) is 0.267. The lowest BCUT2D eigenvalue weighted by atomic mass is 10.1. The van der Waals surface area contributed by atoms with E-state index in [4.69, 9.17) is 0 Å². The number of thioether (sulfide) groups is 1. The number of carbonyl (C=O) groups is 1. The molecule has 0 bridgehead atoms. The van der Waals surface area contributed by atoms with Crippen LogP contribution in [0.25, 0.3) is 0 Å². The molecule has 104 valence electrons. The first-order valence-electron chi connectivity index (χ1n) is 6.49. The minimum absolute atomic E-state index is 0.0212. The molecule has 0 aliphatic rings. The van der Waals surface area contributed by atoms with Crippen LogP contribution < -0.4 is 5.32 Å². The second-order valence-electron chi connectivity index (χ2n) is 4.35. The zero-order valence-electron chi connectivity index (χ0n) is 11.4. The summed E-state index contributed by atoms with van der Waals surface area (Å²) < 4.78 is 0. The second kappa shape index (κ2) is 7.65. The van der Waals surface area contributed by atoms with Gasteiger partial charge in [0.1, 0.15) is 5.03 Å². The molecule has 1 heterocycles. The Hall–Kier alpha value is -1.88. The molecule has 0 aliphatic heterocycles. The van der Waals surface area contributed by atoms with Gasteiger partial charge in [0, 0.05) is 6.42 Å². The lowest BCUT2D eigenvalue weighted by Gasteiger charge is -2.04. The molecule has 1 aromatic heterocycles. The van der Waals surface area contributed by atoms with Crippen molar-refractivity contribution in [2.24, 2.45) is 0 Å². The molecule has 0 fully saturated rings. The van der Waals surface area contributed by atoms with Gasteiger partial charge in [-0.3, -0.25) is 4.79 Å². The minimum Gasteiger partial charge on any atom is -0.309 e. The molecule has 0 saturated heterocycles. The third kappa shape index (κ3) is 4.66. The number of benzene rings is 1. The predicted molar refractivity (Wildman–Crippen MR) is 81.8 cm³/mol. The van der Waals surface area contributed by atoms with Gasteiger partial charge in [0.2, 0.25) is 5.91 Å². The number of hydrogen-bond acceptors (Lipinski definition) is 4. The maximum atomic E-state index is 11.8. The van der Waals surface area contributed by atoms with E-state index in [1.165, 1.54) is 17.3 Å². The van der Waals surface area contributed by atoms with E-state index in [0.29, 0.717) is 12.2 Å². The van der Waals surface area contributed by atoms with E-state index < -0.39 is 0 Å². The van der Waals surface area contributed by atoms with Crippen LogP contribution >= 0.6 is 11.8 Å². The molecule has 0 spiro atoms. The zero-order chi connectivity index (χ0) is 14.2. The fourth-order valence-corrected chi connectivity index (χ4v) is 2.13. The Bertz CT molecular complexity index is 543. The Balaban J connectivity index is 1.74. The van der Waals surface area contributed by atoms with Gasteiger partial charge >= 0.3 is 0 Å². The summed E-state index contributed by atoms with van der Waals surface area (Å²) in [5, 5.41) is 11.5. The summed E-state index contributed by atoms with van der Waals surface area (Å²) in [4.78, 5) is 11.8. The molecule has 20 heavy (non-hydrogen) atoms. The highest BCUT2D eigenvalue weighted by Crippen LogP contribution is 2.12. The van der Waals surface area contributed by atoms with Gasteiger partial charge < -0.3 is 5.32 Å². The third-order valence-electron chi connectivity index (χ3n) is 2.83. The van der Waals surface area contributed by atoms with E-state index in [0.717, 1.165) is 17.9 Å². The van der Waals surface area contributed by atoms with Crippen LogP contribution in [-0.2, 0) is 11.2 Å². The van der Waals surface area contributed by atoms with Crippen molar-refractivity contribution < 1.29 is 4.79 Å². The van der Waals surface area contributed by atoms with Crippen molar-refractivity contribution >= 4 is 23.5 Å². The average molecular weight is 287 g/mol. The van der Waals surface area contributed by atoms with Crippen LogP contribution in [0.2, 0.25) is 0 Å². The lowest BCUT2D eigenvalue weighted by molar-refractivity contribution is -0.116. The first-order valence-corrected chi connectivity index (χ1v) is 7.72. The molecule has 0 unspecified atom stereocenters.